The average molecular weight is 322 g/mol. The van der Waals surface area contributed by atoms with Crippen molar-refractivity contribution in [2.24, 2.45) is 21.5 Å². The van der Waals surface area contributed by atoms with Gasteiger partial charge < -0.3 is 11.5 Å². The number of benzene rings is 1. The zero-order valence-corrected chi connectivity index (χ0v) is 13.5. The van der Waals surface area contributed by atoms with Gasteiger partial charge in [0.1, 0.15) is 11.4 Å². The predicted octanol–water partition coefficient (Wildman–Crippen LogP) is 1.61. The number of halogens is 1. The number of guanidine groups is 2. The quantitative estimate of drug-likeness (QED) is 0.805. The Morgan fingerprint density at radius 2 is 1.91 bits per heavy atom. The maximum atomic E-state index is 11.3. The molecular weight excluding hydrogens is 302 g/mol. The summed E-state index contributed by atoms with van der Waals surface area (Å²) < 4.78 is 0. The number of ketones is 1. The number of rotatable bonds is 5. The van der Waals surface area contributed by atoms with E-state index in [4.69, 9.17) is 23.1 Å². The lowest BCUT2D eigenvalue weighted by atomic mass is 10.1. The number of aryl methyl sites for hydroxylation is 1. The van der Waals surface area contributed by atoms with Crippen LogP contribution >= 0.6 is 11.6 Å². The van der Waals surface area contributed by atoms with E-state index in [1.165, 1.54) is 0 Å². The molecule has 0 aromatic heterocycles. The van der Waals surface area contributed by atoms with Gasteiger partial charge in [0.15, 0.2) is 0 Å². The summed E-state index contributed by atoms with van der Waals surface area (Å²) in [6.45, 7) is 3.82. The zero-order chi connectivity index (χ0) is 16.3. The van der Waals surface area contributed by atoms with Crippen LogP contribution in [0.25, 0.3) is 0 Å². The number of Topliss-reactive ketones (excluding diaryl/α,β-unsaturated/α-hetero) is 1. The Labute approximate surface area is 134 Å². The molecule has 2 rings (SSSR count). The molecular formula is C15H20ClN5O. The SMILES string of the molecule is CC1(C)N=C(N)N=C(N)N1c1ccc(CCC(=O)CCl)cc1. The van der Waals surface area contributed by atoms with Crippen molar-refractivity contribution in [1.82, 2.24) is 0 Å². The molecule has 0 unspecified atom stereocenters. The first-order valence-corrected chi connectivity index (χ1v) is 7.53. The van der Waals surface area contributed by atoms with Crippen molar-refractivity contribution in [2.75, 3.05) is 10.8 Å². The normalized spacial score (nSPS) is 17.0. The molecule has 6 nitrogen and oxygen atoms in total. The van der Waals surface area contributed by atoms with Crippen molar-refractivity contribution >= 4 is 35.0 Å². The fraction of sp³-hybridized carbons (Fsp3) is 0.400. The molecule has 1 aliphatic heterocycles. The molecule has 22 heavy (non-hydrogen) atoms. The number of aliphatic imine (C=N–C) groups is 2. The first-order chi connectivity index (χ1) is 10.3. The second-order valence-corrected chi connectivity index (χ2v) is 5.88. The summed E-state index contributed by atoms with van der Waals surface area (Å²) in [7, 11) is 0. The van der Waals surface area contributed by atoms with Crippen LogP contribution in [-0.2, 0) is 11.2 Å². The third-order valence-corrected chi connectivity index (χ3v) is 3.73. The van der Waals surface area contributed by atoms with Crippen LogP contribution in [0.3, 0.4) is 0 Å². The minimum atomic E-state index is -0.605. The van der Waals surface area contributed by atoms with Gasteiger partial charge in [-0.05, 0) is 38.0 Å². The van der Waals surface area contributed by atoms with Crippen molar-refractivity contribution in [1.29, 1.82) is 0 Å². The van der Waals surface area contributed by atoms with Gasteiger partial charge in [0, 0.05) is 12.1 Å². The monoisotopic (exact) mass is 321 g/mol. The molecule has 0 bridgehead atoms. The van der Waals surface area contributed by atoms with Gasteiger partial charge in [-0.25, -0.2) is 4.99 Å². The topological polar surface area (TPSA) is 97.1 Å². The van der Waals surface area contributed by atoms with E-state index in [0.717, 1.165) is 11.3 Å². The summed E-state index contributed by atoms with van der Waals surface area (Å²) in [6.07, 6.45) is 1.12. The minimum absolute atomic E-state index is 0.0455. The van der Waals surface area contributed by atoms with E-state index in [2.05, 4.69) is 9.98 Å². The molecule has 118 valence electrons. The second-order valence-electron chi connectivity index (χ2n) is 5.61. The van der Waals surface area contributed by atoms with E-state index in [9.17, 15) is 4.79 Å². The Hall–Kier alpha value is -2.08. The van der Waals surface area contributed by atoms with Gasteiger partial charge >= 0.3 is 0 Å². The Kier molecular flexibility index (Phi) is 4.71. The maximum Gasteiger partial charge on any atom is 0.220 e. The average Bonchev–Trinajstić information content (AvgIpc) is 2.44. The van der Waals surface area contributed by atoms with Crippen molar-refractivity contribution in [3.05, 3.63) is 29.8 Å². The molecule has 0 aliphatic carbocycles. The van der Waals surface area contributed by atoms with Gasteiger partial charge in [-0.1, -0.05) is 12.1 Å². The highest BCUT2D eigenvalue weighted by Gasteiger charge is 2.32. The molecule has 1 aromatic carbocycles. The van der Waals surface area contributed by atoms with E-state index >= 15 is 0 Å². The predicted molar refractivity (Wildman–Crippen MR) is 90.3 cm³/mol. The maximum absolute atomic E-state index is 11.3. The van der Waals surface area contributed by atoms with Crippen LogP contribution in [0.5, 0.6) is 0 Å². The number of hydrogen-bond acceptors (Lipinski definition) is 6. The van der Waals surface area contributed by atoms with Gasteiger partial charge in [-0.2, -0.15) is 4.99 Å². The summed E-state index contributed by atoms with van der Waals surface area (Å²) in [5, 5.41) is 0. The van der Waals surface area contributed by atoms with Crippen molar-refractivity contribution < 1.29 is 4.79 Å². The summed E-state index contributed by atoms with van der Waals surface area (Å²) in [4.78, 5) is 21.4. The van der Waals surface area contributed by atoms with Crippen LogP contribution < -0.4 is 16.4 Å². The number of hydrogen-bond donors (Lipinski definition) is 2. The zero-order valence-electron chi connectivity index (χ0n) is 12.7. The smallest absolute Gasteiger partial charge is 0.220 e. The van der Waals surface area contributed by atoms with Gasteiger partial charge in [0.2, 0.25) is 11.9 Å². The number of anilines is 1. The molecule has 0 amide bonds. The lowest BCUT2D eigenvalue weighted by Crippen LogP contribution is -2.54. The number of nitrogens with zero attached hydrogens (tertiary/aromatic N) is 3. The number of carbonyl (C=O) groups is 1. The van der Waals surface area contributed by atoms with Crippen LogP contribution in [0.4, 0.5) is 5.69 Å². The van der Waals surface area contributed by atoms with Crippen LogP contribution in [0.1, 0.15) is 25.8 Å². The van der Waals surface area contributed by atoms with Gasteiger partial charge in [-0.15, -0.1) is 11.6 Å². The Balaban J connectivity index is 2.17. The van der Waals surface area contributed by atoms with Crippen LogP contribution in [0, 0.1) is 0 Å². The molecule has 1 aliphatic rings. The van der Waals surface area contributed by atoms with Gasteiger partial charge in [0.05, 0.1) is 5.88 Å². The molecule has 0 saturated heterocycles. The van der Waals surface area contributed by atoms with Crippen molar-refractivity contribution in [3.63, 3.8) is 0 Å². The van der Waals surface area contributed by atoms with Gasteiger partial charge in [-0.3, -0.25) is 9.69 Å². The molecule has 1 heterocycles. The fourth-order valence-corrected chi connectivity index (χ4v) is 2.55. The first-order valence-electron chi connectivity index (χ1n) is 7.00. The van der Waals surface area contributed by atoms with Crippen LogP contribution in [-0.4, -0.2) is 29.2 Å². The number of nitrogens with two attached hydrogens (primary N) is 2. The first kappa shape index (κ1) is 16.3. The van der Waals surface area contributed by atoms with E-state index in [0.29, 0.717) is 18.8 Å². The summed E-state index contributed by atoms with van der Waals surface area (Å²) in [6, 6.07) is 7.78. The lowest BCUT2D eigenvalue weighted by Gasteiger charge is -2.38. The molecule has 0 fully saturated rings. The second kappa shape index (κ2) is 6.36. The number of alkyl halides is 1. The van der Waals surface area contributed by atoms with Crippen LogP contribution in [0.15, 0.2) is 34.3 Å². The molecule has 0 radical (unpaired) electrons. The summed E-state index contributed by atoms with van der Waals surface area (Å²) >= 11 is 5.50. The highest BCUT2D eigenvalue weighted by atomic mass is 35.5. The standard InChI is InChI=1S/C15H20ClN5O/c1-15(2)20-13(17)19-14(18)21(15)11-6-3-10(4-7-11)5-8-12(22)9-16/h3-4,6-7H,5,8-9H2,1-2H3,(H4,17,18,19,20). The summed E-state index contributed by atoms with van der Waals surface area (Å²) in [5.74, 6) is 0.591. The lowest BCUT2D eigenvalue weighted by molar-refractivity contribution is -0.116. The Bertz CT molecular complexity index is 621. The van der Waals surface area contributed by atoms with E-state index in [1.54, 1.807) is 0 Å². The highest BCUT2D eigenvalue weighted by molar-refractivity contribution is 6.27. The number of carbonyl (C=O) groups excluding carboxylic acids is 1. The van der Waals surface area contributed by atoms with E-state index in [1.807, 2.05) is 43.0 Å². The molecule has 0 spiro atoms. The van der Waals surface area contributed by atoms with E-state index < -0.39 is 5.66 Å². The third-order valence-electron chi connectivity index (χ3n) is 3.43. The Morgan fingerprint density at radius 1 is 1.27 bits per heavy atom. The van der Waals surface area contributed by atoms with Gasteiger partial charge in [0.25, 0.3) is 0 Å². The Morgan fingerprint density at radius 3 is 2.45 bits per heavy atom. The summed E-state index contributed by atoms with van der Waals surface area (Å²) in [5.41, 5.74) is 13.0. The largest absolute Gasteiger partial charge is 0.369 e. The molecule has 0 saturated carbocycles. The highest BCUT2D eigenvalue weighted by Crippen LogP contribution is 2.27. The van der Waals surface area contributed by atoms with Crippen molar-refractivity contribution in [2.45, 2.75) is 32.4 Å². The molecule has 1 aromatic rings. The molecule has 0 atom stereocenters. The third kappa shape index (κ3) is 3.57. The fourth-order valence-electron chi connectivity index (χ4n) is 2.41. The van der Waals surface area contributed by atoms with E-state index in [-0.39, 0.29) is 17.6 Å². The molecule has 7 heteroatoms. The molecule has 4 N–H and O–H groups in total. The van der Waals surface area contributed by atoms with Crippen molar-refractivity contribution in [3.8, 4) is 0 Å². The minimum Gasteiger partial charge on any atom is -0.369 e. The van der Waals surface area contributed by atoms with Crippen LogP contribution in [0.2, 0.25) is 0 Å².